The van der Waals surface area contributed by atoms with Crippen molar-refractivity contribution in [3.05, 3.63) is 69.0 Å². The molecule has 10 nitrogen and oxygen atoms in total. The van der Waals surface area contributed by atoms with E-state index in [-0.39, 0.29) is 12.0 Å². The van der Waals surface area contributed by atoms with E-state index in [0.29, 0.717) is 5.56 Å². The number of rotatable bonds is 9. The Morgan fingerprint density at radius 1 is 1.18 bits per heavy atom. The maximum Gasteiger partial charge on any atom is 0.328 e. The molecule has 0 aromatic heterocycles. The number of sulfonamides is 1. The number of nitrogens with one attached hydrogen (secondary N) is 2. The van der Waals surface area contributed by atoms with Gasteiger partial charge in [0.25, 0.3) is 5.69 Å². The van der Waals surface area contributed by atoms with Gasteiger partial charge in [-0.05, 0) is 49.6 Å². The third-order valence-corrected chi connectivity index (χ3v) is 6.55. The number of amides is 1. The van der Waals surface area contributed by atoms with Crippen LogP contribution in [0.25, 0.3) is 0 Å². The highest BCUT2D eigenvalue weighted by atomic mass is 32.2. The average Bonchev–Trinajstić information content (AvgIpc) is 2.75. The number of methoxy groups -OCH3 is 1. The summed E-state index contributed by atoms with van der Waals surface area (Å²) in [7, 11) is -3.35. The molecule has 33 heavy (non-hydrogen) atoms. The van der Waals surface area contributed by atoms with Crippen molar-refractivity contribution >= 4 is 27.6 Å². The zero-order chi connectivity index (χ0) is 24.9. The first-order chi connectivity index (χ1) is 15.4. The summed E-state index contributed by atoms with van der Waals surface area (Å²) in [4.78, 5) is 34.5. The number of nitro benzene ring substituents is 1. The van der Waals surface area contributed by atoms with E-state index in [4.69, 9.17) is 0 Å². The predicted molar refractivity (Wildman–Crippen MR) is 116 cm³/mol. The third kappa shape index (κ3) is 6.33. The Kier molecular flexibility index (Phi) is 8.23. The lowest BCUT2D eigenvalue weighted by Gasteiger charge is -2.20. The number of esters is 1. The Bertz CT molecular complexity index is 1180. The summed E-state index contributed by atoms with van der Waals surface area (Å²) in [5.74, 6) is -2.32. The van der Waals surface area contributed by atoms with Gasteiger partial charge in [0.2, 0.25) is 15.9 Å². The summed E-state index contributed by atoms with van der Waals surface area (Å²) >= 11 is 0. The minimum Gasteiger partial charge on any atom is -0.467 e. The fourth-order valence-corrected chi connectivity index (χ4v) is 4.41. The molecule has 0 heterocycles. The fraction of sp³-hybridized carbons (Fsp3) is 0.333. The lowest BCUT2D eigenvalue weighted by molar-refractivity contribution is -0.387. The molecule has 0 saturated carbocycles. The molecule has 0 fully saturated rings. The summed E-state index contributed by atoms with van der Waals surface area (Å²) in [5.41, 5.74) is 1.01. The van der Waals surface area contributed by atoms with Crippen LogP contribution >= 0.6 is 0 Å². The minimum atomic E-state index is -4.45. The van der Waals surface area contributed by atoms with Gasteiger partial charge in [0.15, 0.2) is 4.90 Å². The lowest BCUT2D eigenvalue weighted by atomic mass is 10.00. The van der Waals surface area contributed by atoms with Crippen molar-refractivity contribution in [3.63, 3.8) is 0 Å². The van der Waals surface area contributed by atoms with Crippen molar-refractivity contribution < 1.29 is 32.1 Å². The van der Waals surface area contributed by atoms with Crippen LogP contribution in [0, 0.1) is 29.8 Å². The van der Waals surface area contributed by atoms with E-state index >= 15 is 0 Å². The van der Waals surface area contributed by atoms with Gasteiger partial charge in [0, 0.05) is 12.5 Å². The van der Waals surface area contributed by atoms with Gasteiger partial charge >= 0.3 is 5.97 Å². The molecule has 2 aromatic carbocycles. The van der Waals surface area contributed by atoms with Gasteiger partial charge in [-0.3, -0.25) is 14.9 Å². The Morgan fingerprint density at radius 2 is 1.79 bits per heavy atom. The molecule has 0 saturated heterocycles. The van der Waals surface area contributed by atoms with E-state index in [9.17, 15) is 32.5 Å². The van der Waals surface area contributed by atoms with Gasteiger partial charge in [0.05, 0.1) is 18.1 Å². The van der Waals surface area contributed by atoms with Crippen LogP contribution in [-0.4, -0.2) is 44.4 Å². The predicted octanol–water partition coefficient (Wildman–Crippen LogP) is 1.92. The molecule has 0 radical (unpaired) electrons. The standard InChI is InChI=1S/C21H24FN3O7S/c1-12-9-15(16(22)10-13(12)2)11-17(21(27)32-4)23-20(26)14(3)24-33(30,31)19-8-6-5-7-18(19)25(28)29/h5-10,14,17,24H,11H2,1-4H3,(H,23,26)/t14-,17-/m0/s1. The van der Waals surface area contributed by atoms with Gasteiger partial charge in [-0.15, -0.1) is 0 Å². The zero-order valence-electron chi connectivity index (χ0n) is 18.4. The quantitative estimate of drug-likeness (QED) is 0.316. The maximum atomic E-state index is 14.4. The lowest BCUT2D eigenvalue weighted by Crippen LogP contribution is -2.51. The molecule has 2 aromatic rings. The van der Waals surface area contributed by atoms with Gasteiger partial charge in [-0.1, -0.05) is 18.2 Å². The Labute approximate surface area is 190 Å². The summed E-state index contributed by atoms with van der Waals surface area (Å²) in [6, 6.07) is 4.81. The first-order valence-corrected chi connectivity index (χ1v) is 11.2. The van der Waals surface area contributed by atoms with Crippen LogP contribution in [0.5, 0.6) is 0 Å². The van der Waals surface area contributed by atoms with Crippen LogP contribution in [0.1, 0.15) is 23.6 Å². The molecule has 0 spiro atoms. The molecule has 0 aliphatic carbocycles. The molecule has 0 aliphatic rings. The normalized spacial score (nSPS) is 13.1. The summed E-state index contributed by atoms with van der Waals surface area (Å²) in [5, 5.41) is 13.5. The molecule has 0 bridgehead atoms. The second kappa shape index (κ2) is 10.5. The number of aryl methyl sites for hydroxylation is 2. The molecule has 2 rings (SSSR count). The first kappa shape index (κ1) is 25.9. The van der Waals surface area contributed by atoms with Crippen molar-refractivity contribution in [2.45, 2.75) is 44.2 Å². The van der Waals surface area contributed by atoms with Crippen molar-refractivity contribution in [2.75, 3.05) is 7.11 Å². The van der Waals surface area contributed by atoms with Crippen LogP contribution in [0.3, 0.4) is 0 Å². The second-order valence-corrected chi connectivity index (χ2v) is 9.07. The number of halogens is 1. The monoisotopic (exact) mass is 481 g/mol. The average molecular weight is 482 g/mol. The number of carbonyl (C=O) groups excluding carboxylic acids is 2. The number of hydrogen-bond donors (Lipinski definition) is 2. The number of benzene rings is 2. The molecule has 0 aliphatic heterocycles. The second-order valence-electron chi connectivity index (χ2n) is 7.38. The molecular weight excluding hydrogens is 457 g/mol. The zero-order valence-corrected chi connectivity index (χ0v) is 19.2. The van der Waals surface area contributed by atoms with Crippen LogP contribution in [0.2, 0.25) is 0 Å². The Morgan fingerprint density at radius 3 is 2.39 bits per heavy atom. The summed E-state index contributed by atoms with van der Waals surface area (Å²) in [6.07, 6.45) is -0.227. The molecule has 2 N–H and O–H groups in total. The highest BCUT2D eigenvalue weighted by Gasteiger charge is 2.31. The summed E-state index contributed by atoms with van der Waals surface area (Å²) in [6.45, 7) is 4.70. The number of nitrogens with zero attached hydrogens (tertiary/aromatic N) is 1. The van der Waals surface area contributed by atoms with Crippen LogP contribution in [0.4, 0.5) is 10.1 Å². The Hall–Kier alpha value is -3.38. The Balaban J connectivity index is 2.22. The molecule has 2 atom stereocenters. The number of nitro groups is 1. The van der Waals surface area contributed by atoms with E-state index in [1.165, 1.54) is 25.1 Å². The van der Waals surface area contributed by atoms with Crippen molar-refractivity contribution in [2.24, 2.45) is 0 Å². The number of hydrogen-bond acceptors (Lipinski definition) is 7. The van der Waals surface area contributed by atoms with Crippen molar-refractivity contribution in [1.82, 2.24) is 10.0 Å². The van der Waals surface area contributed by atoms with E-state index in [0.717, 1.165) is 24.8 Å². The van der Waals surface area contributed by atoms with E-state index in [2.05, 4.69) is 14.8 Å². The largest absolute Gasteiger partial charge is 0.467 e. The smallest absolute Gasteiger partial charge is 0.328 e. The SMILES string of the molecule is COC(=O)[C@H](Cc1cc(C)c(C)cc1F)NC(=O)[C@H](C)NS(=O)(=O)c1ccccc1[N+](=O)[O-]. The minimum absolute atomic E-state index is 0.168. The van der Waals surface area contributed by atoms with Crippen LogP contribution in [0.15, 0.2) is 41.3 Å². The van der Waals surface area contributed by atoms with Gasteiger partial charge in [-0.2, -0.15) is 4.72 Å². The molecule has 1 amide bonds. The van der Waals surface area contributed by atoms with Crippen LogP contribution in [-0.2, 0) is 30.8 Å². The number of carbonyl (C=O) groups is 2. The van der Waals surface area contributed by atoms with Crippen molar-refractivity contribution in [3.8, 4) is 0 Å². The van der Waals surface area contributed by atoms with Gasteiger partial charge in [0.1, 0.15) is 11.9 Å². The van der Waals surface area contributed by atoms with Gasteiger partial charge in [-0.25, -0.2) is 17.6 Å². The first-order valence-electron chi connectivity index (χ1n) is 9.77. The van der Waals surface area contributed by atoms with E-state index in [1.54, 1.807) is 19.9 Å². The summed E-state index contributed by atoms with van der Waals surface area (Å²) < 4.78 is 46.3. The highest BCUT2D eigenvalue weighted by Crippen LogP contribution is 2.23. The molecule has 0 unspecified atom stereocenters. The molecule has 12 heteroatoms. The van der Waals surface area contributed by atoms with Gasteiger partial charge < -0.3 is 10.1 Å². The van der Waals surface area contributed by atoms with Crippen LogP contribution < -0.4 is 10.0 Å². The fourth-order valence-electron chi connectivity index (χ4n) is 3.03. The molecule has 178 valence electrons. The highest BCUT2D eigenvalue weighted by molar-refractivity contribution is 7.89. The topological polar surface area (TPSA) is 145 Å². The number of para-hydroxylation sites is 1. The number of ether oxygens (including phenoxy) is 1. The van der Waals surface area contributed by atoms with E-state index < -0.39 is 55.3 Å². The van der Waals surface area contributed by atoms with Crippen molar-refractivity contribution in [1.29, 1.82) is 0 Å². The maximum absolute atomic E-state index is 14.4. The molecular formula is C21H24FN3O7S. The third-order valence-electron chi connectivity index (χ3n) is 4.97. The van der Waals surface area contributed by atoms with E-state index in [1.807, 2.05) is 0 Å².